The van der Waals surface area contributed by atoms with E-state index in [1.54, 1.807) is 0 Å². The maximum atomic E-state index is 5.86. The quantitative estimate of drug-likeness (QED) is 0.529. The van der Waals surface area contributed by atoms with Crippen molar-refractivity contribution in [2.45, 2.75) is 44.2 Å². The third-order valence-corrected chi connectivity index (χ3v) is 2.53. The Balaban J connectivity index is 2.06. The molecule has 0 aromatic rings. The highest BCUT2D eigenvalue weighted by molar-refractivity contribution is 4.79. The van der Waals surface area contributed by atoms with Crippen molar-refractivity contribution >= 4 is 0 Å². The van der Waals surface area contributed by atoms with Crippen LogP contribution in [0.5, 0.6) is 0 Å². The molecule has 2 atom stereocenters. The number of nitrogens with two attached hydrogens (primary N) is 2. The molecule has 12 heavy (non-hydrogen) atoms. The van der Waals surface area contributed by atoms with Gasteiger partial charge in [-0.1, -0.05) is 6.42 Å². The molecule has 0 radical (unpaired) electrons. The number of rotatable bonds is 4. The Morgan fingerprint density at radius 1 is 1.33 bits per heavy atom. The zero-order chi connectivity index (χ0) is 8.81. The van der Waals surface area contributed by atoms with Crippen LogP contribution in [0.2, 0.25) is 0 Å². The van der Waals surface area contributed by atoms with Crippen LogP contribution in [0.15, 0.2) is 0 Å². The SMILES string of the molecule is NCCCNC1CCCC(N)C1. The Morgan fingerprint density at radius 3 is 2.83 bits per heavy atom. The summed E-state index contributed by atoms with van der Waals surface area (Å²) in [5.41, 5.74) is 11.3. The average Bonchev–Trinajstić information content (AvgIpc) is 2.05. The molecule has 0 bridgehead atoms. The summed E-state index contributed by atoms with van der Waals surface area (Å²) in [6.45, 7) is 1.83. The minimum atomic E-state index is 0.425. The second-order valence-corrected chi connectivity index (χ2v) is 3.72. The minimum absolute atomic E-state index is 0.425. The highest BCUT2D eigenvalue weighted by Crippen LogP contribution is 2.16. The molecule has 3 heteroatoms. The molecule has 1 aliphatic carbocycles. The van der Waals surface area contributed by atoms with Gasteiger partial charge in [0.25, 0.3) is 0 Å². The van der Waals surface area contributed by atoms with Gasteiger partial charge < -0.3 is 16.8 Å². The molecule has 1 aliphatic rings. The van der Waals surface area contributed by atoms with Crippen LogP contribution in [0.3, 0.4) is 0 Å². The van der Waals surface area contributed by atoms with Crippen LogP contribution in [0.25, 0.3) is 0 Å². The largest absolute Gasteiger partial charge is 0.330 e. The summed E-state index contributed by atoms with van der Waals surface area (Å²) in [7, 11) is 0. The summed E-state index contributed by atoms with van der Waals surface area (Å²) in [6.07, 6.45) is 5.99. The summed E-state index contributed by atoms with van der Waals surface area (Å²) < 4.78 is 0. The van der Waals surface area contributed by atoms with Gasteiger partial charge in [-0.2, -0.15) is 0 Å². The molecule has 1 rings (SSSR count). The Labute approximate surface area is 74.9 Å². The van der Waals surface area contributed by atoms with Gasteiger partial charge in [0.1, 0.15) is 0 Å². The molecule has 0 saturated heterocycles. The highest BCUT2D eigenvalue weighted by Gasteiger charge is 2.17. The van der Waals surface area contributed by atoms with Gasteiger partial charge in [-0.25, -0.2) is 0 Å². The average molecular weight is 171 g/mol. The predicted molar refractivity (Wildman–Crippen MR) is 51.9 cm³/mol. The lowest BCUT2D eigenvalue weighted by atomic mass is 9.91. The zero-order valence-corrected chi connectivity index (χ0v) is 7.76. The molecule has 1 fully saturated rings. The van der Waals surface area contributed by atoms with Gasteiger partial charge in [0.05, 0.1) is 0 Å². The van der Waals surface area contributed by atoms with Crippen molar-refractivity contribution in [1.29, 1.82) is 0 Å². The van der Waals surface area contributed by atoms with Gasteiger partial charge in [-0.15, -0.1) is 0 Å². The molecule has 1 saturated carbocycles. The van der Waals surface area contributed by atoms with E-state index in [0.29, 0.717) is 12.1 Å². The first-order chi connectivity index (χ1) is 5.83. The molecule has 3 nitrogen and oxygen atoms in total. The zero-order valence-electron chi connectivity index (χ0n) is 7.76. The molecule has 2 unspecified atom stereocenters. The van der Waals surface area contributed by atoms with Gasteiger partial charge in [0.15, 0.2) is 0 Å². The van der Waals surface area contributed by atoms with E-state index >= 15 is 0 Å². The second-order valence-electron chi connectivity index (χ2n) is 3.72. The first kappa shape index (κ1) is 9.96. The van der Waals surface area contributed by atoms with Gasteiger partial charge in [0.2, 0.25) is 0 Å². The Bertz CT molecular complexity index is 116. The van der Waals surface area contributed by atoms with Crippen molar-refractivity contribution in [1.82, 2.24) is 5.32 Å². The Hall–Kier alpha value is -0.120. The van der Waals surface area contributed by atoms with Crippen molar-refractivity contribution in [2.75, 3.05) is 13.1 Å². The molecule has 0 amide bonds. The van der Waals surface area contributed by atoms with Crippen molar-refractivity contribution in [3.05, 3.63) is 0 Å². The van der Waals surface area contributed by atoms with Crippen LogP contribution in [-0.4, -0.2) is 25.2 Å². The number of hydrogen-bond acceptors (Lipinski definition) is 3. The minimum Gasteiger partial charge on any atom is -0.330 e. The van der Waals surface area contributed by atoms with E-state index < -0.39 is 0 Å². The summed E-state index contributed by atoms with van der Waals surface area (Å²) in [5, 5.41) is 3.49. The maximum absolute atomic E-state index is 5.86. The van der Waals surface area contributed by atoms with Crippen LogP contribution in [-0.2, 0) is 0 Å². The van der Waals surface area contributed by atoms with Crippen LogP contribution in [0, 0.1) is 0 Å². The van der Waals surface area contributed by atoms with Crippen LogP contribution in [0.1, 0.15) is 32.1 Å². The fourth-order valence-corrected chi connectivity index (χ4v) is 1.82. The summed E-state index contributed by atoms with van der Waals surface area (Å²) in [6, 6.07) is 1.08. The van der Waals surface area contributed by atoms with Crippen molar-refractivity contribution < 1.29 is 0 Å². The summed E-state index contributed by atoms with van der Waals surface area (Å²) >= 11 is 0. The van der Waals surface area contributed by atoms with Crippen LogP contribution < -0.4 is 16.8 Å². The summed E-state index contributed by atoms with van der Waals surface area (Å²) in [5.74, 6) is 0. The van der Waals surface area contributed by atoms with Crippen molar-refractivity contribution in [2.24, 2.45) is 11.5 Å². The highest BCUT2D eigenvalue weighted by atomic mass is 14.9. The molecule has 5 N–H and O–H groups in total. The van der Waals surface area contributed by atoms with Gasteiger partial charge >= 0.3 is 0 Å². The van der Waals surface area contributed by atoms with Crippen LogP contribution in [0.4, 0.5) is 0 Å². The fourth-order valence-electron chi connectivity index (χ4n) is 1.82. The monoisotopic (exact) mass is 171 g/mol. The molecule has 0 heterocycles. The lowest BCUT2D eigenvalue weighted by Crippen LogP contribution is -2.40. The predicted octanol–water partition coefficient (Wildman–Crippen LogP) is 0.195. The first-order valence-electron chi connectivity index (χ1n) is 5.02. The van der Waals surface area contributed by atoms with E-state index in [9.17, 15) is 0 Å². The third kappa shape index (κ3) is 3.52. The summed E-state index contributed by atoms with van der Waals surface area (Å²) in [4.78, 5) is 0. The smallest absolute Gasteiger partial charge is 0.00818 e. The molecule has 0 aromatic heterocycles. The van der Waals surface area contributed by atoms with E-state index in [1.165, 1.54) is 19.3 Å². The topological polar surface area (TPSA) is 64.1 Å². The molecule has 0 aliphatic heterocycles. The van der Waals surface area contributed by atoms with E-state index in [0.717, 1.165) is 25.9 Å². The van der Waals surface area contributed by atoms with Gasteiger partial charge in [-0.05, 0) is 38.8 Å². The number of nitrogens with one attached hydrogen (secondary N) is 1. The molecule has 72 valence electrons. The van der Waals surface area contributed by atoms with Crippen molar-refractivity contribution in [3.8, 4) is 0 Å². The normalized spacial score (nSPS) is 30.5. The maximum Gasteiger partial charge on any atom is 0.00818 e. The molecular weight excluding hydrogens is 150 g/mol. The van der Waals surface area contributed by atoms with E-state index in [4.69, 9.17) is 11.5 Å². The Kier molecular flexibility index (Phi) is 4.58. The van der Waals surface area contributed by atoms with E-state index in [-0.39, 0.29) is 0 Å². The molecular formula is C9H21N3. The fraction of sp³-hybridized carbons (Fsp3) is 1.00. The molecule has 0 spiro atoms. The Morgan fingerprint density at radius 2 is 2.17 bits per heavy atom. The third-order valence-electron chi connectivity index (χ3n) is 2.53. The van der Waals surface area contributed by atoms with Gasteiger partial charge in [-0.3, -0.25) is 0 Å². The second kappa shape index (κ2) is 5.51. The van der Waals surface area contributed by atoms with Crippen molar-refractivity contribution in [3.63, 3.8) is 0 Å². The first-order valence-corrected chi connectivity index (χ1v) is 5.02. The number of hydrogen-bond donors (Lipinski definition) is 3. The lowest BCUT2D eigenvalue weighted by Gasteiger charge is -2.27. The van der Waals surface area contributed by atoms with Crippen LogP contribution >= 0.6 is 0 Å². The van der Waals surface area contributed by atoms with Gasteiger partial charge in [0, 0.05) is 12.1 Å². The molecule has 0 aromatic carbocycles. The van der Waals surface area contributed by atoms with E-state index in [1.807, 2.05) is 0 Å². The lowest BCUT2D eigenvalue weighted by molar-refractivity contribution is 0.339. The standard InChI is InChI=1S/C9H21N3/c10-5-2-6-12-9-4-1-3-8(11)7-9/h8-9,12H,1-7,10-11H2. The van der Waals surface area contributed by atoms with E-state index in [2.05, 4.69) is 5.32 Å².